The molecule has 0 radical (unpaired) electrons. The van der Waals surface area contributed by atoms with Gasteiger partial charge in [0.15, 0.2) is 0 Å². The third-order valence-electron chi connectivity index (χ3n) is 3.23. The van der Waals surface area contributed by atoms with Crippen LogP contribution in [-0.4, -0.2) is 29.4 Å². The molecule has 2 N–H and O–H groups in total. The van der Waals surface area contributed by atoms with E-state index in [-0.39, 0.29) is 5.91 Å². The molecule has 92 valence electrons. The molecule has 2 rings (SSSR count). The van der Waals surface area contributed by atoms with Gasteiger partial charge in [0.2, 0.25) is 5.91 Å². The first kappa shape index (κ1) is 12.1. The van der Waals surface area contributed by atoms with Gasteiger partial charge in [-0.05, 0) is 31.7 Å². The second-order valence-corrected chi connectivity index (χ2v) is 4.65. The minimum atomic E-state index is -0.405. The van der Waals surface area contributed by atoms with Crippen LogP contribution < -0.4 is 5.73 Å². The van der Waals surface area contributed by atoms with Gasteiger partial charge < -0.3 is 10.6 Å². The van der Waals surface area contributed by atoms with Gasteiger partial charge >= 0.3 is 0 Å². The molecule has 0 saturated heterocycles. The van der Waals surface area contributed by atoms with Crippen molar-refractivity contribution in [3.63, 3.8) is 0 Å². The van der Waals surface area contributed by atoms with Crippen LogP contribution in [0.2, 0.25) is 0 Å². The summed E-state index contributed by atoms with van der Waals surface area (Å²) < 4.78 is 0. The van der Waals surface area contributed by atoms with Crippen LogP contribution in [0.5, 0.6) is 0 Å². The third kappa shape index (κ3) is 3.07. The van der Waals surface area contributed by atoms with Gasteiger partial charge in [-0.1, -0.05) is 30.3 Å². The zero-order chi connectivity index (χ0) is 12.3. The van der Waals surface area contributed by atoms with Gasteiger partial charge in [0.25, 0.3) is 0 Å². The minimum absolute atomic E-state index is 0.0962. The van der Waals surface area contributed by atoms with Crippen molar-refractivity contribution in [2.24, 2.45) is 5.73 Å². The van der Waals surface area contributed by atoms with Crippen LogP contribution in [0.25, 0.3) is 0 Å². The summed E-state index contributed by atoms with van der Waals surface area (Å²) in [6.45, 7) is 2.79. The van der Waals surface area contributed by atoms with Gasteiger partial charge in [0.1, 0.15) is 0 Å². The van der Waals surface area contributed by atoms with E-state index in [4.69, 9.17) is 5.73 Å². The molecule has 1 aromatic rings. The van der Waals surface area contributed by atoms with Crippen molar-refractivity contribution in [1.82, 2.24) is 4.90 Å². The van der Waals surface area contributed by atoms with Gasteiger partial charge in [0, 0.05) is 12.6 Å². The molecule has 1 fully saturated rings. The van der Waals surface area contributed by atoms with Crippen molar-refractivity contribution in [1.29, 1.82) is 0 Å². The number of nitrogens with two attached hydrogens (primary N) is 1. The number of benzene rings is 1. The Morgan fingerprint density at radius 2 is 2.06 bits per heavy atom. The number of amides is 1. The van der Waals surface area contributed by atoms with Gasteiger partial charge in [-0.2, -0.15) is 0 Å². The van der Waals surface area contributed by atoms with E-state index in [1.54, 1.807) is 0 Å². The fourth-order valence-corrected chi connectivity index (χ4v) is 2.15. The number of hydrogen-bond acceptors (Lipinski definition) is 2. The fraction of sp³-hybridized carbons (Fsp3) is 0.500. The van der Waals surface area contributed by atoms with Crippen molar-refractivity contribution >= 4 is 5.91 Å². The van der Waals surface area contributed by atoms with Gasteiger partial charge in [-0.25, -0.2) is 0 Å². The molecule has 0 spiro atoms. The summed E-state index contributed by atoms with van der Waals surface area (Å²) in [5, 5.41) is 0. The lowest BCUT2D eigenvalue weighted by molar-refractivity contribution is -0.132. The summed E-state index contributed by atoms with van der Waals surface area (Å²) in [5.74, 6) is 0.0962. The van der Waals surface area contributed by atoms with E-state index in [0.717, 1.165) is 24.9 Å². The van der Waals surface area contributed by atoms with Crippen LogP contribution in [0.15, 0.2) is 30.3 Å². The molecule has 3 heteroatoms. The number of hydrogen-bond donors (Lipinski definition) is 1. The van der Waals surface area contributed by atoms with Crippen LogP contribution in [0.3, 0.4) is 0 Å². The SMILES string of the molecule is CCN(C(=O)[C@@H](N)Cc1ccccc1)C1CC1. The van der Waals surface area contributed by atoms with Crippen molar-refractivity contribution in [2.75, 3.05) is 6.54 Å². The van der Waals surface area contributed by atoms with E-state index in [2.05, 4.69) is 0 Å². The van der Waals surface area contributed by atoms with E-state index in [1.807, 2.05) is 42.2 Å². The first-order valence-corrected chi connectivity index (χ1v) is 6.32. The predicted octanol–water partition coefficient (Wildman–Crippen LogP) is 1.57. The van der Waals surface area contributed by atoms with E-state index < -0.39 is 6.04 Å². The fourth-order valence-electron chi connectivity index (χ4n) is 2.15. The van der Waals surface area contributed by atoms with Crippen LogP contribution in [0.1, 0.15) is 25.3 Å². The summed E-state index contributed by atoms with van der Waals surface area (Å²) in [7, 11) is 0. The molecular weight excluding hydrogens is 212 g/mol. The summed E-state index contributed by atoms with van der Waals surface area (Å²) in [6.07, 6.45) is 2.90. The minimum Gasteiger partial charge on any atom is -0.339 e. The predicted molar refractivity (Wildman–Crippen MR) is 68.5 cm³/mol. The summed E-state index contributed by atoms with van der Waals surface area (Å²) in [4.78, 5) is 14.1. The maximum atomic E-state index is 12.2. The van der Waals surface area contributed by atoms with E-state index in [9.17, 15) is 4.79 Å². The maximum Gasteiger partial charge on any atom is 0.240 e. The molecule has 0 bridgehead atoms. The van der Waals surface area contributed by atoms with Crippen molar-refractivity contribution < 1.29 is 4.79 Å². The Labute approximate surface area is 103 Å². The van der Waals surface area contributed by atoms with Crippen LogP contribution in [-0.2, 0) is 11.2 Å². The topological polar surface area (TPSA) is 46.3 Å². The number of likely N-dealkylation sites (N-methyl/N-ethyl adjacent to an activating group) is 1. The lowest BCUT2D eigenvalue weighted by Gasteiger charge is -2.24. The largest absolute Gasteiger partial charge is 0.339 e. The van der Waals surface area contributed by atoms with Gasteiger partial charge in [-0.3, -0.25) is 4.79 Å². The second kappa shape index (κ2) is 5.32. The number of carbonyl (C=O) groups is 1. The highest BCUT2D eigenvalue weighted by molar-refractivity contribution is 5.82. The van der Waals surface area contributed by atoms with Crippen molar-refractivity contribution in [2.45, 2.75) is 38.3 Å². The number of rotatable bonds is 5. The highest BCUT2D eigenvalue weighted by atomic mass is 16.2. The zero-order valence-electron chi connectivity index (χ0n) is 10.3. The van der Waals surface area contributed by atoms with Gasteiger partial charge in [0.05, 0.1) is 6.04 Å². The quantitative estimate of drug-likeness (QED) is 0.837. The Hall–Kier alpha value is -1.35. The molecule has 1 saturated carbocycles. The highest BCUT2D eigenvalue weighted by Crippen LogP contribution is 2.27. The maximum absolute atomic E-state index is 12.2. The average molecular weight is 232 g/mol. The molecule has 3 nitrogen and oxygen atoms in total. The molecule has 1 aliphatic rings. The molecule has 1 aromatic carbocycles. The Bertz CT molecular complexity index is 373. The normalized spacial score (nSPS) is 16.6. The monoisotopic (exact) mass is 232 g/mol. The van der Waals surface area contributed by atoms with E-state index in [0.29, 0.717) is 12.5 Å². The molecule has 1 atom stereocenters. The third-order valence-corrected chi connectivity index (χ3v) is 3.23. The average Bonchev–Trinajstić information content (AvgIpc) is 3.15. The molecule has 1 aliphatic carbocycles. The Kier molecular flexibility index (Phi) is 3.79. The number of nitrogens with zero attached hydrogens (tertiary/aromatic N) is 1. The summed E-state index contributed by atoms with van der Waals surface area (Å²) >= 11 is 0. The lowest BCUT2D eigenvalue weighted by Crippen LogP contribution is -2.45. The van der Waals surface area contributed by atoms with Crippen LogP contribution in [0, 0.1) is 0 Å². The summed E-state index contributed by atoms with van der Waals surface area (Å²) in [5.41, 5.74) is 7.13. The second-order valence-electron chi connectivity index (χ2n) is 4.65. The van der Waals surface area contributed by atoms with Crippen molar-refractivity contribution in [3.8, 4) is 0 Å². The Balaban J connectivity index is 1.94. The molecule has 17 heavy (non-hydrogen) atoms. The lowest BCUT2D eigenvalue weighted by atomic mass is 10.1. The van der Waals surface area contributed by atoms with Crippen LogP contribution in [0.4, 0.5) is 0 Å². The molecule has 0 heterocycles. The number of carbonyl (C=O) groups excluding carboxylic acids is 1. The molecule has 1 amide bonds. The first-order valence-electron chi connectivity index (χ1n) is 6.32. The van der Waals surface area contributed by atoms with Crippen LogP contribution >= 0.6 is 0 Å². The smallest absolute Gasteiger partial charge is 0.240 e. The molecule has 0 aromatic heterocycles. The molecular formula is C14H20N2O. The van der Waals surface area contributed by atoms with Gasteiger partial charge in [-0.15, -0.1) is 0 Å². The Morgan fingerprint density at radius 3 is 2.59 bits per heavy atom. The molecule has 0 aliphatic heterocycles. The van der Waals surface area contributed by atoms with E-state index >= 15 is 0 Å². The standard InChI is InChI=1S/C14H20N2O/c1-2-16(12-8-9-12)14(17)13(15)10-11-6-4-3-5-7-11/h3-7,12-13H,2,8-10,15H2,1H3/t13-/m0/s1. The first-order chi connectivity index (χ1) is 8.22. The van der Waals surface area contributed by atoms with E-state index in [1.165, 1.54) is 0 Å². The molecule has 0 unspecified atom stereocenters. The zero-order valence-corrected chi connectivity index (χ0v) is 10.3. The highest BCUT2D eigenvalue weighted by Gasteiger charge is 2.33. The summed E-state index contributed by atoms with van der Waals surface area (Å²) in [6, 6.07) is 10.0. The van der Waals surface area contributed by atoms with Crippen molar-refractivity contribution in [3.05, 3.63) is 35.9 Å². The Morgan fingerprint density at radius 1 is 1.41 bits per heavy atom.